The molecular weight excluding hydrogens is 450 g/mol. The third-order valence-corrected chi connectivity index (χ3v) is 8.08. The molecule has 0 spiro atoms. The van der Waals surface area contributed by atoms with Gasteiger partial charge in [0.05, 0.1) is 19.4 Å². The first-order valence-electron chi connectivity index (χ1n) is 13.3. The number of nitrogens with zero attached hydrogens (tertiary/aromatic N) is 2. The molecule has 6 nitrogen and oxygen atoms in total. The molecule has 2 aromatic rings. The van der Waals surface area contributed by atoms with E-state index in [9.17, 15) is 9.90 Å². The molecule has 0 unspecified atom stereocenters. The zero-order valence-corrected chi connectivity index (χ0v) is 21.2. The van der Waals surface area contributed by atoms with Gasteiger partial charge in [-0.05, 0) is 62.1 Å². The first-order chi connectivity index (χ1) is 17.7. The van der Waals surface area contributed by atoms with Crippen LogP contribution in [0.15, 0.2) is 48.5 Å². The molecule has 190 valence electrons. The lowest BCUT2D eigenvalue weighted by atomic mass is 9.74. The summed E-state index contributed by atoms with van der Waals surface area (Å²) in [4.78, 5) is 17.6. The van der Waals surface area contributed by atoms with E-state index >= 15 is 0 Å². The molecule has 3 aliphatic rings. The highest BCUT2D eigenvalue weighted by atomic mass is 16.5. The molecule has 2 N–H and O–H groups in total. The van der Waals surface area contributed by atoms with E-state index in [1.54, 1.807) is 7.11 Å². The summed E-state index contributed by atoms with van der Waals surface area (Å²) in [7, 11) is 1.61. The fourth-order valence-electron chi connectivity index (χ4n) is 6.11. The minimum absolute atomic E-state index is 0.0858. The van der Waals surface area contributed by atoms with Crippen molar-refractivity contribution in [3.63, 3.8) is 0 Å². The minimum atomic E-state index is -0.106. The lowest BCUT2D eigenvalue weighted by molar-refractivity contribution is -0.0585. The van der Waals surface area contributed by atoms with Crippen LogP contribution in [0.25, 0.3) is 0 Å². The number of hydrogen-bond donors (Lipinski definition) is 2. The molecule has 0 aromatic heterocycles. The maximum atomic E-state index is 13.3. The van der Waals surface area contributed by atoms with Crippen LogP contribution in [-0.4, -0.2) is 66.4 Å². The third kappa shape index (κ3) is 5.23. The Morgan fingerprint density at radius 1 is 1.06 bits per heavy atom. The topological polar surface area (TPSA) is 65.0 Å². The summed E-state index contributed by atoms with van der Waals surface area (Å²) in [5.74, 6) is 8.19. The summed E-state index contributed by atoms with van der Waals surface area (Å²) >= 11 is 0. The second-order valence-corrected chi connectivity index (χ2v) is 10.2. The Balaban J connectivity index is 1.31. The number of amides is 2. The van der Waals surface area contributed by atoms with E-state index in [0.717, 1.165) is 31.5 Å². The van der Waals surface area contributed by atoms with E-state index in [0.29, 0.717) is 23.9 Å². The number of benzene rings is 2. The normalized spacial score (nSPS) is 24.5. The van der Waals surface area contributed by atoms with Crippen LogP contribution in [0, 0.1) is 17.8 Å². The predicted molar refractivity (Wildman–Crippen MR) is 142 cm³/mol. The molecule has 2 amide bonds. The average Bonchev–Trinajstić information content (AvgIpc) is 3.41. The Bertz CT molecular complexity index is 1100. The Labute approximate surface area is 214 Å². The van der Waals surface area contributed by atoms with Crippen molar-refractivity contribution in [2.45, 2.75) is 56.5 Å². The quantitative estimate of drug-likeness (QED) is 0.614. The molecule has 2 aromatic carbocycles. The number of anilines is 1. The average molecular weight is 488 g/mol. The van der Waals surface area contributed by atoms with Crippen LogP contribution in [0.5, 0.6) is 5.75 Å². The maximum Gasteiger partial charge on any atom is 0.322 e. The lowest BCUT2D eigenvalue weighted by Crippen LogP contribution is -2.68. The number of hydrogen-bond acceptors (Lipinski definition) is 4. The van der Waals surface area contributed by atoms with Crippen LogP contribution in [0.1, 0.15) is 55.6 Å². The summed E-state index contributed by atoms with van der Waals surface area (Å²) in [5, 5.41) is 13.3. The molecule has 0 bridgehead atoms. The Morgan fingerprint density at radius 3 is 2.56 bits per heavy atom. The first kappa shape index (κ1) is 24.7. The molecule has 2 heterocycles. The highest BCUT2D eigenvalue weighted by molar-refractivity contribution is 5.91. The molecule has 3 atom stereocenters. The molecule has 0 radical (unpaired) electrons. The summed E-state index contributed by atoms with van der Waals surface area (Å²) < 4.78 is 5.41. The van der Waals surface area contributed by atoms with Gasteiger partial charge in [-0.2, -0.15) is 0 Å². The van der Waals surface area contributed by atoms with E-state index in [1.165, 1.54) is 31.2 Å². The molecular formula is C30H37N3O3. The summed E-state index contributed by atoms with van der Waals surface area (Å²) in [5.41, 5.74) is 2.95. The van der Waals surface area contributed by atoms with Gasteiger partial charge in [0, 0.05) is 42.6 Å². The van der Waals surface area contributed by atoms with Crippen molar-refractivity contribution in [3.8, 4) is 17.6 Å². The van der Waals surface area contributed by atoms with Gasteiger partial charge in [0.25, 0.3) is 0 Å². The monoisotopic (exact) mass is 487 g/mol. The van der Waals surface area contributed by atoms with E-state index in [-0.39, 0.29) is 30.6 Å². The molecule has 36 heavy (non-hydrogen) atoms. The van der Waals surface area contributed by atoms with Crippen molar-refractivity contribution >= 4 is 11.7 Å². The van der Waals surface area contributed by atoms with Gasteiger partial charge in [0.1, 0.15) is 5.75 Å². The molecule has 1 saturated carbocycles. The molecule has 1 aliphatic carbocycles. The number of fused-ring (bicyclic) bond motifs is 1. The Hall–Kier alpha value is -3.01. The van der Waals surface area contributed by atoms with Crippen LogP contribution in [-0.2, 0) is 0 Å². The second kappa shape index (κ2) is 11.4. The molecule has 6 heteroatoms. The van der Waals surface area contributed by atoms with Crippen molar-refractivity contribution in [2.24, 2.45) is 5.92 Å². The van der Waals surface area contributed by atoms with Crippen molar-refractivity contribution in [2.75, 3.05) is 38.7 Å². The largest absolute Gasteiger partial charge is 0.495 e. The van der Waals surface area contributed by atoms with Crippen LogP contribution in [0.3, 0.4) is 0 Å². The van der Waals surface area contributed by atoms with Crippen molar-refractivity contribution in [1.29, 1.82) is 0 Å². The first-order valence-corrected chi connectivity index (χ1v) is 13.3. The number of para-hydroxylation sites is 2. The number of ether oxygens (including phenoxy) is 1. The highest BCUT2D eigenvalue weighted by Crippen LogP contribution is 2.42. The van der Waals surface area contributed by atoms with Gasteiger partial charge >= 0.3 is 6.03 Å². The minimum Gasteiger partial charge on any atom is -0.495 e. The molecule has 2 aliphatic heterocycles. The van der Waals surface area contributed by atoms with E-state index in [4.69, 9.17) is 4.74 Å². The standard InChI is InChI=1S/C30H37N3O3/c1-36-28-11-5-4-10-25(28)31-30(35)32-18-6-7-19-33-26(20-32)29(27(33)21-34)24-16-14-23(15-17-24)13-12-22-8-2-3-9-22/h4-5,10-11,14-17,22,26-27,29,34H,2-3,6-9,18-21H2,1H3,(H,31,35)/t26-,27-,29-/m0/s1. The Kier molecular flexibility index (Phi) is 7.79. The maximum absolute atomic E-state index is 13.3. The summed E-state index contributed by atoms with van der Waals surface area (Å²) in [6.45, 7) is 2.43. The van der Waals surface area contributed by atoms with Crippen LogP contribution >= 0.6 is 0 Å². The van der Waals surface area contributed by atoms with E-state index < -0.39 is 0 Å². The number of aliphatic hydroxyl groups excluding tert-OH is 1. The summed E-state index contributed by atoms with van der Waals surface area (Å²) in [6.07, 6.45) is 7.00. The fraction of sp³-hybridized carbons (Fsp3) is 0.500. The van der Waals surface area contributed by atoms with Crippen LogP contribution < -0.4 is 10.1 Å². The number of rotatable bonds is 4. The second-order valence-electron chi connectivity index (χ2n) is 10.2. The van der Waals surface area contributed by atoms with Gasteiger partial charge in [-0.15, -0.1) is 0 Å². The van der Waals surface area contributed by atoms with Crippen LogP contribution in [0.2, 0.25) is 0 Å². The van der Waals surface area contributed by atoms with E-state index in [2.05, 4.69) is 46.3 Å². The summed E-state index contributed by atoms with van der Waals surface area (Å²) in [6, 6.07) is 16.2. The zero-order valence-electron chi connectivity index (χ0n) is 21.2. The highest BCUT2D eigenvalue weighted by Gasteiger charge is 2.49. The number of urea groups is 1. The van der Waals surface area contributed by atoms with Gasteiger partial charge < -0.3 is 20.1 Å². The fourth-order valence-corrected chi connectivity index (χ4v) is 6.11. The van der Waals surface area contributed by atoms with Crippen LogP contribution in [0.4, 0.5) is 10.5 Å². The van der Waals surface area contributed by atoms with Crippen molar-refractivity contribution in [1.82, 2.24) is 9.80 Å². The number of carbonyl (C=O) groups is 1. The zero-order chi connectivity index (χ0) is 24.9. The van der Waals surface area contributed by atoms with Gasteiger partial charge in [-0.25, -0.2) is 4.79 Å². The number of methoxy groups -OCH3 is 1. The van der Waals surface area contributed by atoms with Gasteiger partial charge in [0.15, 0.2) is 0 Å². The van der Waals surface area contributed by atoms with Crippen molar-refractivity contribution in [3.05, 3.63) is 59.7 Å². The van der Waals surface area contributed by atoms with Gasteiger partial charge in [-0.3, -0.25) is 4.90 Å². The number of nitrogens with one attached hydrogen (secondary N) is 1. The number of aliphatic hydroxyl groups is 1. The third-order valence-electron chi connectivity index (χ3n) is 8.08. The van der Waals surface area contributed by atoms with Crippen molar-refractivity contribution < 1.29 is 14.6 Å². The molecule has 2 saturated heterocycles. The SMILES string of the molecule is COc1ccccc1NC(=O)N1CCCCN2[C@@H](CO)[C@@H](c3ccc(C#CC4CCCC4)cc3)[C@@H]2C1. The Morgan fingerprint density at radius 2 is 1.81 bits per heavy atom. The smallest absolute Gasteiger partial charge is 0.322 e. The molecule has 3 fully saturated rings. The van der Waals surface area contributed by atoms with Gasteiger partial charge in [-0.1, -0.05) is 48.9 Å². The van der Waals surface area contributed by atoms with Gasteiger partial charge in [0.2, 0.25) is 0 Å². The number of carbonyl (C=O) groups excluding carboxylic acids is 1. The lowest BCUT2D eigenvalue weighted by Gasteiger charge is -2.57. The van der Waals surface area contributed by atoms with E-state index in [1.807, 2.05) is 29.2 Å². The predicted octanol–water partition coefficient (Wildman–Crippen LogP) is 4.69. The molecule has 5 rings (SSSR count).